The molecule has 24 heavy (non-hydrogen) atoms. The molecule has 4 rings (SSSR count). The van der Waals surface area contributed by atoms with Gasteiger partial charge in [0.15, 0.2) is 0 Å². The van der Waals surface area contributed by atoms with Gasteiger partial charge in [-0.2, -0.15) is 5.10 Å². The third-order valence-corrected chi connectivity index (χ3v) is 4.29. The van der Waals surface area contributed by atoms with Crippen LogP contribution in [0, 0.1) is 5.82 Å². The van der Waals surface area contributed by atoms with Crippen LogP contribution in [0.3, 0.4) is 0 Å². The summed E-state index contributed by atoms with van der Waals surface area (Å²) in [6.45, 7) is 1.56. The Balaban J connectivity index is 1.74. The topological polar surface area (TPSA) is 39.9 Å². The first-order valence-corrected chi connectivity index (χ1v) is 8.15. The average Bonchev–Trinajstić information content (AvgIpc) is 3.27. The fraction of sp³-hybridized carbons (Fsp3) is 0.263. The maximum absolute atomic E-state index is 13.3. The molecule has 1 unspecified atom stereocenters. The maximum atomic E-state index is 13.3. The number of hydrogen-bond donors (Lipinski definition) is 0. The smallest absolute Gasteiger partial charge is 0.123 e. The van der Waals surface area contributed by atoms with E-state index in [1.165, 1.54) is 12.1 Å². The molecule has 0 amide bonds. The van der Waals surface area contributed by atoms with E-state index in [0.29, 0.717) is 0 Å². The van der Waals surface area contributed by atoms with E-state index in [9.17, 15) is 4.39 Å². The molecule has 4 nitrogen and oxygen atoms in total. The first-order valence-electron chi connectivity index (χ1n) is 8.15. The van der Waals surface area contributed by atoms with Gasteiger partial charge < -0.3 is 4.74 Å². The number of rotatable bonds is 4. The molecule has 1 saturated heterocycles. The minimum atomic E-state index is -0.247. The van der Waals surface area contributed by atoms with E-state index < -0.39 is 0 Å². The molecule has 1 fully saturated rings. The maximum Gasteiger partial charge on any atom is 0.123 e. The van der Waals surface area contributed by atoms with E-state index in [4.69, 9.17) is 9.84 Å². The molecule has 0 spiro atoms. The fourth-order valence-corrected chi connectivity index (χ4v) is 3.08. The average molecular weight is 323 g/mol. The zero-order valence-corrected chi connectivity index (χ0v) is 13.2. The summed E-state index contributed by atoms with van der Waals surface area (Å²) in [6.07, 6.45) is 7.96. The van der Waals surface area contributed by atoms with E-state index in [1.807, 2.05) is 23.0 Å². The Labute approximate surface area is 139 Å². The van der Waals surface area contributed by atoms with E-state index in [-0.39, 0.29) is 11.9 Å². The van der Waals surface area contributed by atoms with Crippen molar-refractivity contribution in [2.24, 2.45) is 0 Å². The van der Waals surface area contributed by atoms with E-state index in [1.54, 1.807) is 24.5 Å². The van der Waals surface area contributed by atoms with Gasteiger partial charge in [0.1, 0.15) is 11.5 Å². The summed E-state index contributed by atoms with van der Waals surface area (Å²) < 4.78 is 20.9. The summed E-state index contributed by atoms with van der Waals surface area (Å²) in [4.78, 5) is 4.08. The van der Waals surface area contributed by atoms with Crippen molar-refractivity contribution >= 4 is 0 Å². The third kappa shape index (κ3) is 3.08. The van der Waals surface area contributed by atoms with Crippen LogP contribution in [0.5, 0.6) is 0 Å². The second kappa shape index (κ2) is 6.53. The second-order valence-electron chi connectivity index (χ2n) is 5.99. The predicted octanol–water partition coefficient (Wildman–Crippen LogP) is 3.93. The van der Waals surface area contributed by atoms with Crippen molar-refractivity contribution in [2.45, 2.75) is 25.5 Å². The van der Waals surface area contributed by atoms with Gasteiger partial charge in [-0.05, 0) is 54.8 Å². The monoisotopic (exact) mass is 323 g/mol. The predicted molar refractivity (Wildman–Crippen MR) is 89.8 cm³/mol. The molecule has 3 aromatic rings. The van der Waals surface area contributed by atoms with Gasteiger partial charge in [0.2, 0.25) is 0 Å². The Hall–Kier alpha value is -2.53. The molecule has 0 radical (unpaired) electrons. The van der Waals surface area contributed by atoms with Gasteiger partial charge in [0.25, 0.3) is 0 Å². The molecule has 1 aromatic carbocycles. The van der Waals surface area contributed by atoms with Crippen molar-refractivity contribution in [1.82, 2.24) is 14.8 Å². The number of aromatic nitrogens is 3. The second-order valence-corrected chi connectivity index (χ2v) is 5.99. The van der Waals surface area contributed by atoms with Crippen molar-refractivity contribution in [3.8, 4) is 22.4 Å². The number of halogens is 1. The largest absolute Gasteiger partial charge is 0.376 e. The minimum Gasteiger partial charge on any atom is -0.376 e. The van der Waals surface area contributed by atoms with Crippen LogP contribution >= 0.6 is 0 Å². The van der Waals surface area contributed by atoms with E-state index in [2.05, 4.69) is 4.98 Å². The van der Waals surface area contributed by atoms with E-state index >= 15 is 0 Å². The van der Waals surface area contributed by atoms with Crippen LogP contribution in [0.15, 0.2) is 55.0 Å². The Morgan fingerprint density at radius 1 is 1.08 bits per heavy atom. The normalized spacial score (nSPS) is 17.3. The van der Waals surface area contributed by atoms with Gasteiger partial charge in [-0.3, -0.25) is 9.67 Å². The third-order valence-electron chi connectivity index (χ3n) is 4.29. The lowest BCUT2D eigenvalue weighted by Gasteiger charge is -2.08. The summed E-state index contributed by atoms with van der Waals surface area (Å²) in [5, 5.41) is 4.74. The Bertz CT molecular complexity index is 808. The van der Waals surface area contributed by atoms with Gasteiger partial charge in [-0.1, -0.05) is 0 Å². The molecule has 1 aliphatic rings. The lowest BCUT2D eigenvalue weighted by molar-refractivity contribution is 0.0941. The zero-order valence-electron chi connectivity index (χ0n) is 13.2. The van der Waals surface area contributed by atoms with Gasteiger partial charge >= 0.3 is 0 Å². The Morgan fingerprint density at radius 3 is 2.58 bits per heavy atom. The van der Waals surface area contributed by atoms with Crippen LogP contribution in [0.2, 0.25) is 0 Å². The molecule has 2 aromatic heterocycles. The molecule has 5 heteroatoms. The van der Waals surface area contributed by atoms with Crippen molar-refractivity contribution < 1.29 is 9.13 Å². The molecule has 0 N–H and O–H groups in total. The molecular weight excluding hydrogens is 305 g/mol. The molecule has 122 valence electrons. The van der Waals surface area contributed by atoms with Crippen LogP contribution in [0.25, 0.3) is 22.4 Å². The van der Waals surface area contributed by atoms with E-state index in [0.717, 1.165) is 48.4 Å². The Kier molecular flexibility index (Phi) is 4.09. The van der Waals surface area contributed by atoms with Gasteiger partial charge in [0.05, 0.1) is 12.6 Å². The van der Waals surface area contributed by atoms with Crippen LogP contribution in [0.1, 0.15) is 12.8 Å². The minimum absolute atomic E-state index is 0.219. The molecule has 0 aliphatic carbocycles. The first-order chi connectivity index (χ1) is 11.8. The summed E-state index contributed by atoms with van der Waals surface area (Å²) in [7, 11) is 0. The van der Waals surface area contributed by atoms with Gasteiger partial charge in [-0.15, -0.1) is 0 Å². The highest BCUT2D eigenvalue weighted by Gasteiger charge is 2.19. The van der Waals surface area contributed by atoms with Gasteiger partial charge in [0, 0.05) is 36.3 Å². The van der Waals surface area contributed by atoms with Crippen molar-refractivity contribution in [1.29, 1.82) is 0 Å². The van der Waals surface area contributed by atoms with Crippen molar-refractivity contribution in [3.63, 3.8) is 0 Å². The molecular formula is C19H18FN3O. The summed E-state index contributed by atoms with van der Waals surface area (Å²) >= 11 is 0. The van der Waals surface area contributed by atoms with Crippen molar-refractivity contribution in [3.05, 3.63) is 60.8 Å². The standard InChI is InChI=1S/C19H18FN3O/c20-16-5-3-15(4-6-16)19-18(14-7-9-21-10-8-14)13-23(22-19)12-17-2-1-11-24-17/h3-10,13,17H,1-2,11-12H2. The molecule has 0 saturated carbocycles. The lowest BCUT2D eigenvalue weighted by Crippen LogP contribution is -2.15. The summed E-state index contributed by atoms with van der Waals surface area (Å²) in [5.74, 6) is -0.247. The van der Waals surface area contributed by atoms with Crippen LogP contribution in [0.4, 0.5) is 4.39 Å². The Morgan fingerprint density at radius 2 is 1.88 bits per heavy atom. The lowest BCUT2D eigenvalue weighted by atomic mass is 10.0. The molecule has 1 aliphatic heterocycles. The number of benzene rings is 1. The number of nitrogens with zero attached hydrogens (tertiary/aromatic N) is 3. The quantitative estimate of drug-likeness (QED) is 0.730. The summed E-state index contributed by atoms with van der Waals surface area (Å²) in [5.41, 5.74) is 3.80. The van der Waals surface area contributed by atoms with Gasteiger partial charge in [-0.25, -0.2) is 4.39 Å². The van der Waals surface area contributed by atoms with Crippen LogP contribution < -0.4 is 0 Å². The highest BCUT2D eigenvalue weighted by molar-refractivity contribution is 5.80. The summed E-state index contributed by atoms with van der Waals surface area (Å²) in [6, 6.07) is 10.4. The van der Waals surface area contributed by atoms with Crippen LogP contribution in [-0.4, -0.2) is 27.5 Å². The first kappa shape index (κ1) is 15.0. The fourth-order valence-electron chi connectivity index (χ4n) is 3.08. The molecule has 0 bridgehead atoms. The molecule has 1 atom stereocenters. The SMILES string of the molecule is Fc1ccc(-c2nn(CC3CCCO3)cc2-c2ccncc2)cc1. The van der Waals surface area contributed by atoms with Crippen LogP contribution in [-0.2, 0) is 11.3 Å². The number of hydrogen-bond acceptors (Lipinski definition) is 3. The van der Waals surface area contributed by atoms with Crippen molar-refractivity contribution in [2.75, 3.05) is 6.61 Å². The number of pyridine rings is 1. The highest BCUT2D eigenvalue weighted by atomic mass is 19.1. The zero-order chi connectivity index (χ0) is 16.4. The molecule has 3 heterocycles. The highest BCUT2D eigenvalue weighted by Crippen LogP contribution is 2.31. The number of ether oxygens (including phenoxy) is 1.